The minimum Gasteiger partial charge on any atom is -0.355 e. The van der Waals surface area contributed by atoms with Crippen LogP contribution in [-0.4, -0.2) is 56.8 Å². The predicted octanol–water partition coefficient (Wildman–Crippen LogP) is 3.64. The fourth-order valence-electron chi connectivity index (χ4n) is 3.66. The van der Waals surface area contributed by atoms with Crippen LogP contribution in [0.5, 0.6) is 0 Å². The largest absolute Gasteiger partial charge is 0.355 e. The number of nitrogens with zero attached hydrogens (tertiary/aromatic N) is 2. The lowest BCUT2D eigenvalue weighted by Crippen LogP contribution is -2.44. The molecule has 1 amide bonds. The lowest BCUT2D eigenvalue weighted by Gasteiger charge is -2.31. The highest BCUT2D eigenvalue weighted by atomic mass is 35.5. The van der Waals surface area contributed by atoms with Gasteiger partial charge in [-0.3, -0.25) is 4.79 Å². The van der Waals surface area contributed by atoms with Gasteiger partial charge in [-0.1, -0.05) is 53.5 Å². The Labute approximate surface area is 194 Å². The fraction of sp³-hybridized carbons (Fsp3) is 0.409. The summed E-state index contributed by atoms with van der Waals surface area (Å²) in [7, 11) is -1.73. The van der Waals surface area contributed by atoms with Crippen LogP contribution in [0.3, 0.4) is 0 Å². The van der Waals surface area contributed by atoms with E-state index in [9.17, 15) is 13.2 Å². The molecule has 1 saturated heterocycles. The molecule has 0 atom stereocenters. The molecular formula is C22H27Cl2N3O3S. The number of rotatable bonds is 8. The molecule has 0 radical (unpaired) electrons. The summed E-state index contributed by atoms with van der Waals surface area (Å²) in [4.78, 5) is 14.7. The molecule has 9 heteroatoms. The topological polar surface area (TPSA) is 69.7 Å². The number of carbonyl (C=O) groups is 1. The van der Waals surface area contributed by atoms with Crippen LogP contribution in [-0.2, 0) is 21.4 Å². The Bertz CT molecular complexity index is 994. The quantitative estimate of drug-likeness (QED) is 0.621. The molecule has 1 aliphatic heterocycles. The van der Waals surface area contributed by atoms with E-state index in [4.69, 9.17) is 23.2 Å². The van der Waals surface area contributed by atoms with Crippen LogP contribution in [0, 0.1) is 5.92 Å². The molecule has 0 bridgehead atoms. The average Bonchev–Trinajstić information content (AvgIpc) is 2.76. The summed E-state index contributed by atoms with van der Waals surface area (Å²) >= 11 is 12.0. The van der Waals surface area contributed by atoms with E-state index in [1.165, 1.54) is 22.0 Å². The lowest BCUT2D eigenvalue weighted by atomic mass is 9.97. The maximum atomic E-state index is 12.9. The molecule has 1 aliphatic rings. The number of halogens is 2. The van der Waals surface area contributed by atoms with E-state index in [0.29, 0.717) is 24.4 Å². The van der Waals surface area contributed by atoms with Crippen molar-refractivity contribution in [2.24, 2.45) is 5.92 Å². The molecule has 1 N–H and O–H groups in total. The van der Waals surface area contributed by atoms with Gasteiger partial charge >= 0.3 is 0 Å². The van der Waals surface area contributed by atoms with Crippen LogP contribution < -0.4 is 5.32 Å². The van der Waals surface area contributed by atoms with Gasteiger partial charge in [0, 0.05) is 43.7 Å². The van der Waals surface area contributed by atoms with Crippen molar-refractivity contribution in [1.29, 1.82) is 0 Å². The minimum atomic E-state index is -3.74. The third-order valence-electron chi connectivity index (χ3n) is 5.42. The van der Waals surface area contributed by atoms with Crippen molar-refractivity contribution >= 4 is 39.1 Å². The van der Waals surface area contributed by atoms with Crippen LogP contribution in [0.1, 0.15) is 18.4 Å². The molecule has 0 spiro atoms. The van der Waals surface area contributed by atoms with Crippen molar-refractivity contribution in [2.45, 2.75) is 24.3 Å². The first-order valence-electron chi connectivity index (χ1n) is 10.2. The molecule has 3 rings (SSSR count). The van der Waals surface area contributed by atoms with E-state index < -0.39 is 10.0 Å². The van der Waals surface area contributed by atoms with Gasteiger partial charge in [-0.05, 0) is 43.7 Å². The first kappa shape index (κ1) is 24.0. The van der Waals surface area contributed by atoms with Gasteiger partial charge in [0.25, 0.3) is 0 Å². The first-order valence-corrected chi connectivity index (χ1v) is 12.4. The summed E-state index contributed by atoms with van der Waals surface area (Å²) in [5, 5.41) is 3.44. The molecule has 0 saturated carbocycles. The Morgan fingerprint density at radius 3 is 2.48 bits per heavy atom. The standard InChI is InChI=1S/C22H27Cl2N3O3S/c1-26(16-17-5-3-2-4-6-17)14-11-25-22(28)18-9-12-27(13-10-18)31(29,30)21-15-19(23)7-8-20(21)24/h2-8,15,18H,9-14,16H2,1H3,(H,25,28). The molecule has 0 unspecified atom stereocenters. The zero-order valence-corrected chi connectivity index (χ0v) is 19.8. The fourth-order valence-corrected chi connectivity index (χ4v) is 5.87. The predicted molar refractivity (Wildman–Crippen MR) is 124 cm³/mol. The number of carbonyl (C=O) groups excluding carboxylic acids is 1. The SMILES string of the molecule is CN(CCNC(=O)C1CCN(S(=O)(=O)c2cc(Cl)ccc2Cl)CC1)Cc1ccccc1. The molecule has 6 nitrogen and oxygen atoms in total. The Morgan fingerprint density at radius 1 is 1.13 bits per heavy atom. The number of sulfonamides is 1. The van der Waals surface area contributed by atoms with Crippen molar-refractivity contribution in [2.75, 3.05) is 33.2 Å². The summed E-state index contributed by atoms with van der Waals surface area (Å²) < 4.78 is 27.2. The Kier molecular flexibility index (Phi) is 8.36. The number of hydrogen-bond acceptors (Lipinski definition) is 4. The Hall–Kier alpha value is -1.64. The van der Waals surface area contributed by atoms with Crippen LogP contribution in [0.2, 0.25) is 10.0 Å². The second kappa shape index (κ2) is 10.8. The molecule has 31 heavy (non-hydrogen) atoms. The molecule has 1 heterocycles. The van der Waals surface area contributed by atoms with Crippen molar-refractivity contribution in [3.63, 3.8) is 0 Å². The van der Waals surface area contributed by atoms with Crippen LogP contribution >= 0.6 is 23.2 Å². The van der Waals surface area contributed by atoms with Gasteiger partial charge in [-0.2, -0.15) is 4.31 Å². The number of piperidine rings is 1. The van der Waals surface area contributed by atoms with Gasteiger partial charge in [0.1, 0.15) is 4.90 Å². The third-order valence-corrected chi connectivity index (χ3v) is 8.04. The van der Waals surface area contributed by atoms with Gasteiger partial charge in [-0.25, -0.2) is 8.42 Å². The summed E-state index contributed by atoms with van der Waals surface area (Å²) in [6.07, 6.45) is 0.951. The molecule has 0 aliphatic carbocycles. The second-order valence-electron chi connectivity index (χ2n) is 7.77. The van der Waals surface area contributed by atoms with Gasteiger partial charge in [0.2, 0.25) is 15.9 Å². The highest BCUT2D eigenvalue weighted by molar-refractivity contribution is 7.89. The highest BCUT2D eigenvalue weighted by Gasteiger charge is 2.33. The van der Waals surface area contributed by atoms with E-state index in [0.717, 1.165) is 13.1 Å². The monoisotopic (exact) mass is 483 g/mol. The third kappa shape index (κ3) is 6.43. The molecule has 1 fully saturated rings. The van der Waals surface area contributed by atoms with Crippen LogP contribution in [0.25, 0.3) is 0 Å². The number of benzene rings is 2. The number of nitrogens with one attached hydrogen (secondary N) is 1. The van der Waals surface area contributed by atoms with E-state index in [1.807, 2.05) is 25.2 Å². The summed E-state index contributed by atoms with van der Waals surface area (Å²) in [6.45, 7) is 2.66. The normalized spacial score (nSPS) is 15.9. The van der Waals surface area contributed by atoms with Crippen molar-refractivity contribution in [3.8, 4) is 0 Å². The second-order valence-corrected chi connectivity index (χ2v) is 10.5. The van der Waals surface area contributed by atoms with E-state index in [1.54, 1.807) is 6.07 Å². The summed E-state index contributed by atoms with van der Waals surface area (Å²) in [5.74, 6) is -0.216. The maximum absolute atomic E-state index is 12.9. The minimum absolute atomic E-state index is 0.00558. The lowest BCUT2D eigenvalue weighted by molar-refractivity contribution is -0.126. The van der Waals surface area contributed by atoms with E-state index in [-0.39, 0.29) is 34.8 Å². The first-order chi connectivity index (χ1) is 14.8. The Morgan fingerprint density at radius 2 is 1.81 bits per heavy atom. The molecule has 2 aromatic rings. The van der Waals surface area contributed by atoms with Gasteiger partial charge in [0.15, 0.2) is 0 Å². The summed E-state index contributed by atoms with van der Waals surface area (Å²) in [6, 6.07) is 14.6. The molecule has 168 valence electrons. The average molecular weight is 484 g/mol. The summed E-state index contributed by atoms with van der Waals surface area (Å²) in [5.41, 5.74) is 1.23. The van der Waals surface area contributed by atoms with E-state index in [2.05, 4.69) is 22.3 Å². The van der Waals surface area contributed by atoms with Gasteiger partial charge < -0.3 is 10.2 Å². The highest BCUT2D eigenvalue weighted by Crippen LogP contribution is 2.30. The number of likely N-dealkylation sites (N-methyl/N-ethyl adjacent to an activating group) is 1. The maximum Gasteiger partial charge on any atom is 0.244 e. The number of amides is 1. The van der Waals surface area contributed by atoms with Crippen molar-refractivity contribution in [3.05, 3.63) is 64.1 Å². The van der Waals surface area contributed by atoms with Crippen LogP contribution in [0.15, 0.2) is 53.4 Å². The zero-order chi connectivity index (χ0) is 22.4. The van der Waals surface area contributed by atoms with Crippen molar-refractivity contribution in [1.82, 2.24) is 14.5 Å². The molecular weight excluding hydrogens is 457 g/mol. The van der Waals surface area contributed by atoms with E-state index >= 15 is 0 Å². The van der Waals surface area contributed by atoms with Gasteiger partial charge in [-0.15, -0.1) is 0 Å². The smallest absolute Gasteiger partial charge is 0.244 e. The van der Waals surface area contributed by atoms with Crippen molar-refractivity contribution < 1.29 is 13.2 Å². The van der Waals surface area contributed by atoms with Gasteiger partial charge in [0.05, 0.1) is 5.02 Å². The van der Waals surface area contributed by atoms with Crippen LogP contribution in [0.4, 0.5) is 0 Å². The number of hydrogen-bond donors (Lipinski definition) is 1. The molecule has 0 aromatic heterocycles. The Balaban J connectivity index is 1.46. The molecule has 2 aromatic carbocycles. The zero-order valence-electron chi connectivity index (χ0n) is 17.4.